The summed E-state index contributed by atoms with van der Waals surface area (Å²) in [6.07, 6.45) is 15.9. The number of fused-ring (bicyclic) bond motifs is 8. The molecule has 0 saturated carbocycles. The fourth-order valence-corrected chi connectivity index (χ4v) is 10.1. The average Bonchev–Trinajstić information content (AvgIpc) is 3.94. The normalized spacial score (nSPS) is 19.7. The van der Waals surface area contributed by atoms with Crippen molar-refractivity contribution in [3.05, 3.63) is 69.1 Å². The molecule has 2 N–H and O–H groups in total. The molecule has 5 atom stereocenters. The standard InChI is InChI=1S/C52H75N5O5/c1-10-14-16-18-19-20-21-23-28-61-36(9)46-34(7)41-29-40-33(6)38(24-25-45(58)62-27-12-3)49(55-40)48-50-47(51(59)57(52(48)60)26-22-17-15-11-2)35(8)42(56-50)30-43-37(13-4)32(5)39(53-43)31-44(46)54-41/h29-33,36-38,55-56H,10-28H2,1-9H3/t32-,33+,36?,37-,38+/m1/s1. The number of esters is 1. The predicted molar refractivity (Wildman–Crippen MR) is 250 cm³/mol. The lowest BCUT2D eigenvalue weighted by molar-refractivity contribution is -0.143. The molecule has 10 heteroatoms. The number of amides is 2. The summed E-state index contributed by atoms with van der Waals surface area (Å²) in [5.74, 6) is -0.820. The van der Waals surface area contributed by atoms with Crippen molar-refractivity contribution in [1.82, 2.24) is 24.8 Å². The number of H-pyrrole nitrogens is 2. The summed E-state index contributed by atoms with van der Waals surface area (Å²) in [5.41, 5.74) is 10.6. The van der Waals surface area contributed by atoms with Gasteiger partial charge in [-0.3, -0.25) is 24.3 Å². The molecule has 0 aliphatic carbocycles. The van der Waals surface area contributed by atoms with Gasteiger partial charge in [0.25, 0.3) is 11.8 Å². The summed E-state index contributed by atoms with van der Waals surface area (Å²) >= 11 is 0. The Kier molecular flexibility index (Phi) is 16.6. The zero-order chi connectivity index (χ0) is 44.5. The molecule has 2 aromatic rings. The number of unbranched alkanes of at least 4 members (excludes halogenated alkanes) is 10. The van der Waals surface area contributed by atoms with Crippen LogP contribution in [0.5, 0.6) is 0 Å². The molecular weight excluding hydrogens is 775 g/mol. The number of aryl methyl sites for hydroxylation is 1. The van der Waals surface area contributed by atoms with Gasteiger partial charge in [-0.1, -0.05) is 106 Å². The molecule has 2 aromatic heterocycles. The van der Waals surface area contributed by atoms with E-state index in [-0.39, 0.29) is 54.0 Å². The third kappa shape index (κ3) is 10.2. The largest absolute Gasteiger partial charge is 0.466 e. The molecule has 0 saturated heterocycles. The Morgan fingerprint density at radius 1 is 0.742 bits per heavy atom. The molecule has 338 valence electrons. The maximum absolute atomic E-state index is 14.9. The zero-order valence-corrected chi connectivity index (χ0v) is 39.4. The zero-order valence-electron chi connectivity index (χ0n) is 39.4. The minimum Gasteiger partial charge on any atom is -0.466 e. The number of ether oxygens (including phenoxy) is 2. The number of hydrogen-bond donors (Lipinski definition) is 2. The molecule has 4 aliphatic heterocycles. The van der Waals surface area contributed by atoms with Crippen LogP contribution in [-0.4, -0.2) is 68.5 Å². The summed E-state index contributed by atoms with van der Waals surface area (Å²) in [6.45, 7) is 20.7. The maximum Gasteiger partial charge on any atom is 0.305 e. The Bertz CT molecular complexity index is 2160. The molecule has 6 rings (SSSR count). The van der Waals surface area contributed by atoms with E-state index in [1.807, 2.05) is 13.8 Å². The third-order valence-electron chi connectivity index (χ3n) is 13.9. The minimum absolute atomic E-state index is 0.0926. The molecule has 0 aromatic carbocycles. The predicted octanol–water partition coefficient (Wildman–Crippen LogP) is 12.9. The van der Waals surface area contributed by atoms with Crippen LogP contribution in [0.3, 0.4) is 0 Å². The van der Waals surface area contributed by atoms with Gasteiger partial charge in [0.1, 0.15) is 0 Å². The molecular formula is C52H75N5O5. The Balaban J connectivity index is 1.52. The lowest BCUT2D eigenvalue weighted by Crippen LogP contribution is -2.41. The molecule has 0 spiro atoms. The Hall–Kier alpha value is -4.31. The van der Waals surface area contributed by atoms with Gasteiger partial charge in [0, 0.05) is 77.1 Å². The first-order valence-corrected chi connectivity index (χ1v) is 24.4. The van der Waals surface area contributed by atoms with Crippen LogP contribution < -0.4 is 0 Å². The van der Waals surface area contributed by atoms with Gasteiger partial charge < -0.3 is 19.4 Å². The first kappa shape index (κ1) is 47.2. The van der Waals surface area contributed by atoms with Crippen LogP contribution >= 0.6 is 0 Å². The number of nitrogens with zero attached hydrogens (tertiary/aromatic N) is 3. The van der Waals surface area contributed by atoms with Crippen LogP contribution in [0, 0.1) is 6.92 Å². The van der Waals surface area contributed by atoms with E-state index in [0.29, 0.717) is 42.8 Å². The molecule has 2 amide bonds. The van der Waals surface area contributed by atoms with E-state index in [1.165, 1.54) is 49.8 Å². The second-order valence-corrected chi connectivity index (χ2v) is 18.4. The van der Waals surface area contributed by atoms with E-state index in [1.54, 1.807) is 0 Å². The summed E-state index contributed by atoms with van der Waals surface area (Å²) in [4.78, 5) is 61.9. The second kappa shape index (κ2) is 21.9. The lowest BCUT2D eigenvalue weighted by atomic mass is 9.84. The van der Waals surface area contributed by atoms with E-state index in [2.05, 4.69) is 76.6 Å². The van der Waals surface area contributed by atoms with Crippen molar-refractivity contribution in [1.29, 1.82) is 0 Å². The highest BCUT2D eigenvalue weighted by Gasteiger charge is 2.41. The molecule has 1 unspecified atom stereocenters. The van der Waals surface area contributed by atoms with Crippen LogP contribution in [-0.2, 0) is 14.3 Å². The molecule has 0 fully saturated rings. The highest BCUT2D eigenvalue weighted by molar-refractivity contribution is 6.23. The van der Waals surface area contributed by atoms with Gasteiger partial charge >= 0.3 is 5.97 Å². The second-order valence-electron chi connectivity index (χ2n) is 18.4. The van der Waals surface area contributed by atoms with Gasteiger partial charge in [0.05, 0.1) is 40.7 Å². The topological polar surface area (TPSA) is 130 Å². The summed E-state index contributed by atoms with van der Waals surface area (Å²) < 4.78 is 12.1. The van der Waals surface area contributed by atoms with Gasteiger partial charge in [-0.15, -0.1) is 0 Å². The molecule has 6 heterocycles. The fraction of sp³-hybridized carbons (Fsp3) is 0.635. The van der Waals surface area contributed by atoms with Crippen LogP contribution in [0.15, 0.2) is 18.2 Å². The smallest absolute Gasteiger partial charge is 0.305 e. The molecule has 4 aliphatic rings. The van der Waals surface area contributed by atoms with Gasteiger partial charge in [-0.2, -0.15) is 0 Å². The van der Waals surface area contributed by atoms with Crippen molar-refractivity contribution < 1.29 is 23.9 Å². The third-order valence-corrected chi connectivity index (χ3v) is 13.9. The van der Waals surface area contributed by atoms with Gasteiger partial charge in [0.2, 0.25) is 0 Å². The van der Waals surface area contributed by atoms with E-state index in [9.17, 15) is 14.4 Å². The minimum atomic E-state index is -0.305. The number of carbonyl (C=O) groups is 3. The van der Waals surface area contributed by atoms with Gasteiger partial charge in [0.15, 0.2) is 0 Å². The number of carbonyl (C=O) groups excluding carboxylic acids is 3. The van der Waals surface area contributed by atoms with E-state index in [4.69, 9.17) is 19.4 Å². The number of rotatable bonds is 22. The number of allylic oxidation sites excluding steroid dienone is 1. The van der Waals surface area contributed by atoms with Crippen molar-refractivity contribution in [2.75, 3.05) is 19.8 Å². The SMILES string of the molecule is CCCCCCCCCCOC(C)C1=C(C)c2cc3[nH]c(c4c5[nH]c(cc6nc(cc1n2)[C@H](C)[C@H]6CC)c(C)c5C(=O)N(CCCCCC)C4=O)[C@@H](CCC(=O)OCCC)[C@@H]3C. The van der Waals surface area contributed by atoms with Crippen molar-refractivity contribution in [2.45, 2.75) is 195 Å². The Morgan fingerprint density at radius 3 is 2.11 bits per heavy atom. The molecule has 10 nitrogen and oxygen atoms in total. The van der Waals surface area contributed by atoms with Gasteiger partial charge in [-0.25, -0.2) is 4.98 Å². The summed E-state index contributed by atoms with van der Waals surface area (Å²) in [6, 6.07) is 6.39. The van der Waals surface area contributed by atoms with Crippen molar-refractivity contribution in [3.8, 4) is 0 Å². The van der Waals surface area contributed by atoms with Crippen LogP contribution in [0.4, 0.5) is 0 Å². The lowest BCUT2D eigenvalue weighted by Gasteiger charge is -2.27. The van der Waals surface area contributed by atoms with E-state index < -0.39 is 0 Å². The first-order chi connectivity index (χ1) is 29.9. The van der Waals surface area contributed by atoms with Crippen molar-refractivity contribution in [3.63, 3.8) is 0 Å². The number of aromatic nitrogens is 4. The number of nitrogens with one attached hydrogen (secondary N) is 2. The molecule has 8 bridgehead atoms. The molecule has 62 heavy (non-hydrogen) atoms. The Morgan fingerprint density at radius 2 is 1.42 bits per heavy atom. The van der Waals surface area contributed by atoms with E-state index in [0.717, 1.165) is 101 Å². The maximum atomic E-state index is 14.9. The van der Waals surface area contributed by atoms with Crippen molar-refractivity contribution >= 4 is 40.0 Å². The highest BCUT2D eigenvalue weighted by Crippen LogP contribution is 2.46. The van der Waals surface area contributed by atoms with Crippen LogP contribution in [0.1, 0.15) is 242 Å². The quantitative estimate of drug-likeness (QED) is 0.0685. The fourth-order valence-electron chi connectivity index (χ4n) is 10.1. The van der Waals surface area contributed by atoms with E-state index >= 15 is 0 Å². The monoisotopic (exact) mass is 850 g/mol. The average molecular weight is 850 g/mol. The summed E-state index contributed by atoms with van der Waals surface area (Å²) in [7, 11) is 0. The van der Waals surface area contributed by atoms with Crippen molar-refractivity contribution in [2.24, 2.45) is 0 Å². The van der Waals surface area contributed by atoms with Crippen LogP contribution in [0.2, 0.25) is 0 Å². The molecule has 0 radical (unpaired) electrons. The first-order valence-electron chi connectivity index (χ1n) is 24.4. The number of imide groups is 1. The number of aromatic amines is 2. The number of hydrogen-bond acceptors (Lipinski definition) is 7. The Labute approximate surface area is 371 Å². The summed E-state index contributed by atoms with van der Waals surface area (Å²) in [5, 5.41) is 0. The van der Waals surface area contributed by atoms with Crippen LogP contribution in [0.25, 0.3) is 22.2 Å². The van der Waals surface area contributed by atoms with Gasteiger partial charge in [-0.05, 0) is 82.2 Å². The highest BCUT2D eigenvalue weighted by atomic mass is 16.5.